The second-order valence-corrected chi connectivity index (χ2v) is 5.79. The molecule has 11 heteroatoms. The van der Waals surface area contributed by atoms with Gasteiger partial charge >= 0.3 is 17.8 Å². The molecule has 0 amide bonds. The summed E-state index contributed by atoms with van der Waals surface area (Å²) in [4.78, 5) is 43.9. The molecule has 0 radical (unpaired) electrons. The molecular formula is C18H14F3N3O5. The predicted octanol–water partition coefficient (Wildman–Crippen LogP) is 2.48. The Morgan fingerprint density at radius 3 is 2.34 bits per heavy atom. The maximum atomic E-state index is 13.7. The molecule has 0 aliphatic carbocycles. The molecule has 152 valence electrons. The molecular weight excluding hydrogens is 395 g/mol. The van der Waals surface area contributed by atoms with Crippen molar-refractivity contribution in [1.82, 2.24) is 15.0 Å². The van der Waals surface area contributed by atoms with Crippen LogP contribution in [0.1, 0.15) is 23.0 Å². The van der Waals surface area contributed by atoms with Gasteiger partial charge in [-0.3, -0.25) is 14.8 Å². The van der Waals surface area contributed by atoms with Gasteiger partial charge in [-0.25, -0.2) is 14.6 Å². The van der Waals surface area contributed by atoms with Crippen LogP contribution in [0.2, 0.25) is 0 Å². The lowest BCUT2D eigenvalue weighted by Crippen LogP contribution is -2.26. The number of esters is 1. The maximum Gasteiger partial charge on any atom is 0.434 e. The van der Waals surface area contributed by atoms with Crippen LogP contribution in [0, 0.1) is 0 Å². The highest BCUT2D eigenvalue weighted by Gasteiger charge is 2.41. The Morgan fingerprint density at radius 1 is 1.14 bits per heavy atom. The fraction of sp³-hybridized carbons (Fsp3) is 0.222. The lowest BCUT2D eigenvalue weighted by atomic mass is 9.95. The number of carbonyl (C=O) groups excluding carboxylic acids is 1. The van der Waals surface area contributed by atoms with E-state index in [0.29, 0.717) is 5.75 Å². The molecule has 8 nitrogen and oxygen atoms in total. The first-order valence-corrected chi connectivity index (χ1v) is 8.26. The average molecular weight is 409 g/mol. The van der Waals surface area contributed by atoms with E-state index in [-0.39, 0.29) is 23.1 Å². The van der Waals surface area contributed by atoms with Crippen LogP contribution in [0.25, 0.3) is 22.2 Å². The summed E-state index contributed by atoms with van der Waals surface area (Å²) in [6.45, 7) is 1.23. The quantitative estimate of drug-likeness (QED) is 0.640. The smallest absolute Gasteiger partial charge is 0.434 e. The van der Waals surface area contributed by atoms with Gasteiger partial charge in [-0.1, -0.05) is 12.1 Å². The van der Waals surface area contributed by atoms with Crippen molar-refractivity contribution in [2.24, 2.45) is 0 Å². The van der Waals surface area contributed by atoms with Crippen LogP contribution in [0.3, 0.4) is 0 Å². The summed E-state index contributed by atoms with van der Waals surface area (Å²) in [5, 5.41) is -0.384. The number of hydrogen-bond acceptors (Lipinski definition) is 6. The van der Waals surface area contributed by atoms with Gasteiger partial charge in [0.25, 0.3) is 5.56 Å². The van der Waals surface area contributed by atoms with Crippen molar-refractivity contribution in [3.8, 4) is 16.9 Å². The van der Waals surface area contributed by atoms with Crippen molar-refractivity contribution >= 4 is 17.0 Å². The first-order valence-electron chi connectivity index (χ1n) is 8.26. The highest BCUT2D eigenvalue weighted by atomic mass is 19.4. The zero-order valence-corrected chi connectivity index (χ0v) is 15.1. The van der Waals surface area contributed by atoms with E-state index in [4.69, 9.17) is 9.47 Å². The number of H-pyrrole nitrogens is 2. The largest absolute Gasteiger partial charge is 0.497 e. The molecule has 1 aromatic carbocycles. The van der Waals surface area contributed by atoms with Gasteiger partial charge in [0.15, 0.2) is 5.69 Å². The third kappa shape index (κ3) is 3.71. The number of aromatic nitrogens is 3. The molecule has 0 bridgehead atoms. The third-order valence-corrected chi connectivity index (χ3v) is 4.01. The molecule has 3 rings (SSSR count). The topological polar surface area (TPSA) is 114 Å². The summed E-state index contributed by atoms with van der Waals surface area (Å²) < 4.78 is 51.0. The molecule has 2 heterocycles. The van der Waals surface area contributed by atoms with E-state index in [1.54, 1.807) is 0 Å². The van der Waals surface area contributed by atoms with Crippen molar-refractivity contribution in [3.05, 3.63) is 56.4 Å². The summed E-state index contributed by atoms with van der Waals surface area (Å²) in [7, 11) is 1.40. The number of nitrogens with zero attached hydrogens (tertiary/aromatic N) is 1. The molecule has 0 saturated heterocycles. The monoisotopic (exact) mass is 409 g/mol. The van der Waals surface area contributed by atoms with Gasteiger partial charge < -0.3 is 9.47 Å². The number of alkyl halides is 3. The minimum absolute atomic E-state index is 0.101. The first kappa shape index (κ1) is 20.1. The van der Waals surface area contributed by atoms with Crippen molar-refractivity contribution in [2.75, 3.05) is 13.7 Å². The molecule has 3 aromatic rings. The Kier molecular flexibility index (Phi) is 5.14. The summed E-state index contributed by atoms with van der Waals surface area (Å²) in [6.07, 6.45) is -5.06. The highest BCUT2D eigenvalue weighted by molar-refractivity contribution is 6.07. The first-order chi connectivity index (χ1) is 13.7. The van der Waals surface area contributed by atoms with E-state index in [0.717, 1.165) is 0 Å². The van der Waals surface area contributed by atoms with Crippen LogP contribution in [-0.2, 0) is 10.9 Å². The van der Waals surface area contributed by atoms with E-state index in [1.807, 2.05) is 4.98 Å². The summed E-state index contributed by atoms with van der Waals surface area (Å²) >= 11 is 0. The van der Waals surface area contributed by atoms with Crippen LogP contribution in [0.5, 0.6) is 5.75 Å². The van der Waals surface area contributed by atoms with Crippen LogP contribution in [0.4, 0.5) is 13.2 Å². The van der Waals surface area contributed by atoms with Crippen molar-refractivity contribution in [2.45, 2.75) is 13.1 Å². The number of hydrogen-bond donors (Lipinski definition) is 2. The lowest BCUT2D eigenvalue weighted by molar-refractivity contribution is -0.141. The molecule has 0 aliphatic rings. The van der Waals surface area contributed by atoms with Gasteiger partial charge in [0.05, 0.1) is 24.7 Å². The lowest BCUT2D eigenvalue weighted by Gasteiger charge is -2.17. The molecule has 0 spiro atoms. The number of aromatic amines is 2. The molecule has 29 heavy (non-hydrogen) atoms. The Bertz CT molecular complexity index is 1200. The van der Waals surface area contributed by atoms with Crippen LogP contribution in [0.15, 0.2) is 33.9 Å². The molecule has 2 N–H and O–H groups in total. The number of halogens is 3. The molecule has 2 aromatic heterocycles. The van der Waals surface area contributed by atoms with Gasteiger partial charge in [0.1, 0.15) is 11.4 Å². The normalized spacial score (nSPS) is 11.5. The summed E-state index contributed by atoms with van der Waals surface area (Å²) in [5.41, 5.74) is -5.39. The fourth-order valence-electron chi connectivity index (χ4n) is 2.85. The Hall–Kier alpha value is -3.63. The van der Waals surface area contributed by atoms with Crippen molar-refractivity contribution < 1.29 is 27.4 Å². The van der Waals surface area contributed by atoms with E-state index >= 15 is 0 Å². The average Bonchev–Trinajstić information content (AvgIpc) is 2.66. The molecule has 0 fully saturated rings. The number of carbonyl (C=O) groups is 1. The van der Waals surface area contributed by atoms with Gasteiger partial charge in [-0.2, -0.15) is 13.2 Å². The molecule has 0 atom stereocenters. The SMILES string of the molecule is CCOC(=O)c1c(C(F)(F)F)nc2[nH]c(=O)[nH]c(=O)c2c1-c1ccc(OC)cc1. The van der Waals surface area contributed by atoms with E-state index < -0.39 is 40.3 Å². The number of nitrogens with one attached hydrogen (secondary N) is 2. The van der Waals surface area contributed by atoms with E-state index in [1.165, 1.54) is 38.3 Å². The third-order valence-electron chi connectivity index (χ3n) is 4.01. The standard InChI is InChI=1S/C18H14F3N3O5/c1-3-29-16(26)11-10(8-4-6-9(28-2)7-5-8)12-14(22-13(11)18(19,20)21)23-17(27)24-15(12)25/h4-7H,3H2,1-2H3,(H2,22,23,24,25,27). The second-order valence-electron chi connectivity index (χ2n) is 5.79. The zero-order valence-electron chi connectivity index (χ0n) is 15.1. The van der Waals surface area contributed by atoms with Crippen LogP contribution < -0.4 is 16.0 Å². The second kappa shape index (κ2) is 7.41. The van der Waals surface area contributed by atoms with E-state index in [2.05, 4.69) is 9.97 Å². The summed E-state index contributed by atoms with van der Waals surface area (Å²) in [5.74, 6) is -0.895. The van der Waals surface area contributed by atoms with Gasteiger partial charge in [0, 0.05) is 5.56 Å². The number of rotatable bonds is 4. The van der Waals surface area contributed by atoms with Gasteiger partial charge in [0.2, 0.25) is 0 Å². The van der Waals surface area contributed by atoms with Crippen LogP contribution in [-0.4, -0.2) is 34.6 Å². The number of fused-ring (bicyclic) bond motifs is 1. The number of methoxy groups -OCH3 is 1. The maximum absolute atomic E-state index is 13.7. The zero-order chi connectivity index (χ0) is 21.3. The number of ether oxygens (including phenoxy) is 2. The summed E-state index contributed by atoms with van der Waals surface area (Å²) in [6, 6.07) is 5.65. The molecule has 0 aliphatic heterocycles. The van der Waals surface area contributed by atoms with Crippen molar-refractivity contribution in [3.63, 3.8) is 0 Å². The van der Waals surface area contributed by atoms with Crippen LogP contribution >= 0.6 is 0 Å². The molecule has 0 saturated carbocycles. The minimum atomic E-state index is -5.06. The Balaban J connectivity index is 2.55. The predicted molar refractivity (Wildman–Crippen MR) is 95.9 cm³/mol. The van der Waals surface area contributed by atoms with E-state index in [9.17, 15) is 27.6 Å². The minimum Gasteiger partial charge on any atom is -0.497 e. The number of benzene rings is 1. The Morgan fingerprint density at radius 2 is 1.79 bits per heavy atom. The van der Waals surface area contributed by atoms with Crippen molar-refractivity contribution in [1.29, 1.82) is 0 Å². The highest BCUT2D eigenvalue weighted by Crippen LogP contribution is 2.38. The van der Waals surface area contributed by atoms with Gasteiger partial charge in [-0.05, 0) is 24.6 Å². The Labute approximate surface area is 160 Å². The number of pyridine rings is 1. The van der Waals surface area contributed by atoms with Gasteiger partial charge in [-0.15, -0.1) is 0 Å². The molecule has 0 unspecified atom stereocenters. The fourth-order valence-corrected chi connectivity index (χ4v) is 2.85.